The van der Waals surface area contributed by atoms with Crippen molar-refractivity contribution >= 4 is 11.2 Å². The molecule has 2 aromatic heterocycles. The summed E-state index contributed by atoms with van der Waals surface area (Å²) >= 11 is 0. The maximum Gasteiger partial charge on any atom is 0.160 e. The van der Waals surface area contributed by atoms with Crippen LogP contribution >= 0.6 is 0 Å². The van der Waals surface area contributed by atoms with Gasteiger partial charge in [0.25, 0.3) is 0 Å². The van der Waals surface area contributed by atoms with Gasteiger partial charge in [-0.2, -0.15) is 0 Å². The van der Waals surface area contributed by atoms with Gasteiger partial charge in [-0.15, -0.1) is 0 Å². The largest absolute Gasteiger partial charge is 0.310 e. The molecule has 0 amide bonds. The summed E-state index contributed by atoms with van der Waals surface area (Å²) in [5, 5.41) is 0. The second-order valence-corrected chi connectivity index (χ2v) is 6.93. The Kier molecular flexibility index (Phi) is 3.87. The van der Waals surface area contributed by atoms with Gasteiger partial charge < -0.3 is 9.47 Å². The summed E-state index contributed by atoms with van der Waals surface area (Å²) in [5.41, 5.74) is 2.18. The Labute approximate surface area is 132 Å². The van der Waals surface area contributed by atoms with Crippen LogP contribution in [0.3, 0.4) is 0 Å². The zero-order valence-corrected chi connectivity index (χ0v) is 13.5. The van der Waals surface area contributed by atoms with Crippen molar-refractivity contribution in [1.82, 2.24) is 19.4 Å². The van der Waals surface area contributed by atoms with Gasteiger partial charge in [0, 0.05) is 25.2 Å². The van der Waals surface area contributed by atoms with Gasteiger partial charge >= 0.3 is 0 Å². The summed E-state index contributed by atoms with van der Waals surface area (Å²) in [4.78, 5) is 12.1. The quantitative estimate of drug-likeness (QED) is 0.867. The van der Waals surface area contributed by atoms with Crippen LogP contribution in [-0.2, 0) is 6.42 Å². The van der Waals surface area contributed by atoms with E-state index < -0.39 is 0 Å². The maximum absolute atomic E-state index is 4.94. The number of rotatable bonds is 4. The van der Waals surface area contributed by atoms with Crippen LogP contribution in [0.5, 0.6) is 0 Å². The van der Waals surface area contributed by atoms with Crippen molar-refractivity contribution in [2.45, 2.75) is 51.5 Å². The van der Waals surface area contributed by atoms with E-state index in [9.17, 15) is 0 Å². The van der Waals surface area contributed by atoms with Crippen LogP contribution in [0, 0.1) is 5.92 Å². The Bertz CT molecular complexity index is 644. The second-order valence-electron chi connectivity index (χ2n) is 6.93. The summed E-state index contributed by atoms with van der Waals surface area (Å²) in [7, 11) is 0. The highest BCUT2D eigenvalue weighted by Gasteiger charge is 2.27. The first-order valence-corrected chi connectivity index (χ1v) is 8.89. The Morgan fingerprint density at radius 1 is 1.23 bits per heavy atom. The van der Waals surface area contributed by atoms with Crippen LogP contribution in [-0.4, -0.2) is 39.1 Å². The van der Waals surface area contributed by atoms with E-state index in [2.05, 4.69) is 27.4 Å². The number of likely N-dealkylation sites (tertiary alicyclic amines) is 1. The van der Waals surface area contributed by atoms with Crippen molar-refractivity contribution in [3.8, 4) is 0 Å². The highest BCUT2D eigenvalue weighted by molar-refractivity contribution is 5.71. The van der Waals surface area contributed by atoms with Crippen molar-refractivity contribution in [1.29, 1.82) is 0 Å². The summed E-state index contributed by atoms with van der Waals surface area (Å²) in [5.74, 6) is 2.03. The lowest BCUT2D eigenvalue weighted by molar-refractivity contribution is 0.178. The van der Waals surface area contributed by atoms with Crippen molar-refractivity contribution in [2.75, 3.05) is 19.6 Å². The second kappa shape index (κ2) is 5.99. The third-order valence-electron chi connectivity index (χ3n) is 5.48. The SMILES string of the molecule is CCN1CCCC(Cc2nc3cccnc3n2C2CCC2)C1. The summed E-state index contributed by atoms with van der Waals surface area (Å²) in [6.07, 6.45) is 9.63. The van der Waals surface area contributed by atoms with Crippen molar-refractivity contribution in [3.63, 3.8) is 0 Å². The minimum Gasteiger partial charge on any atom is -0.310 e. The third-order valence-corrected chi connectivity index (χ3v) is 5.48. The molecule has 2 aliphatic rings. The fourth-order valence-corrected chi connectivity index (χ4v) is 4.01. The highest BCUT2D eigenvalue weighted by Crippen LogP contribution is 2.36. The Morgan fingerprint density at radius 2 is 2.14 bits per heavy atom. The van der Waals surface area contributed by atoms with E-state index in [0.717, 1.165) is 23.5 Å². The number of aromatic nitrogens is 3. The fraction of sp³-hybridized carbons (Fsp3) is 0.667. The standard InChI is InChI=1S/C18H26N4/c1-2-21-11-5-6-14(13-21)12-17-20-16-9-4-10-19-18(16)22(17)15-7-3-8-15/h4,9-10,14-15H,2-3,5-8,11-13H2,1H3. The van der Waals surface area contributed by atoms with Gasteiger partial charge in [-0.25, -0.2) is 9.97 Å². The first kappa shape index (κ1) is 14.2. The van der Waals surface area contributed by atoms with E-state index in [4.69, 9.17) is 4.98 Å². The molecule has 4 heteroatoms. The molecule has 2 fully saturated rings. The molecule has 3 heterocycles. The van der Waals surface area contributed by atoms with Gasteiger partial charge in [0.15, 0.2) is 5.65 Å². The van der Waals surface area contributed by atoms with E-state index in [0.29, 0.717) is 6.04 Å². The molecule has 1 saturated heterocycles. The van der Waals surface area contributed by atoms with Crippen LogP contribution < -0.4 is 0 Å². The molecule has 0 spiro atoms. The third kappa shape index (κ3) is 2.54. The van der Waals surface area contributed by atoms with E-state index >= 15 is 0 Å². The molecule has 1 aliphatic heterocycles. The van der Waals surface area contributed by atoms with Gasteiger partial charge in [-0.3, -0.25) is 0 Å². The molecule has 0 bridgehead atoms. The molecule has 1 aliphatic carbocycles. The molecule has 0 radical (unpaired) electrons. The predicted octanol–water partition coefficient (Wildman–Crippen LogP) is 3.43. The number of hydrogen-bond donors (Lipinski definition) is 0. The first-order chi connectivity index (χ1) is 10.8. The van der Waals surface area contributed by atoms with E-state index in [-0.39, 0.29) is 0 Å². The van der Waals surface area contributed by atoms with Crippen LogP contribution in [0.1, 0.15) is 50.9 Å². The fourth-order valence-electron chi connectivity index (χ4n) is 4.01. The van der Waals surface area contributed by atoms with Crippen molar-refractivity contribution in [2.24, 2.45) is 5.92 Å². The van der Waals surface area contributed by atoms with Gasteiger partial charge in [-0.05, 0) is 63.2 Å². The molecule has 22 heavy (non-hydrogen) atoms. The lowest BCUT2D eigenvalue weighted by atomic mass is 9.91. The Morgan fingerprint density at radius 3 is 2.91 bits per heavy atom. The van der Waals surface area contributed by atoms with E-state index in [1.165, 1.54) is 57.6 Å². The van der Waals surface area contributed by atoms with Crippen molar-refractivity contribution in [3.05, 3.63) is 24.2 Å². The zero-order valence-electron chi connectivity index (χ0n) is 13.5. The molecule has 4 rings (SSSR count). The minimum absolute atomic E-state index is 0.640. The summed E-state index contributed by atoms with van der Waals surface area (Å²) < 4.78 is 2.46. The molecule has 0 N–H and O–H groups in total. The number of imidazole rings is 1. The van der Waals surface area contributed by atoms with Crippen LogP contribution in [0.2, 0.25) is 0 Å². The minimum atomic E-state index is 0.640. The average molecular weight is 298 g/mol. The van der Waals surface area contributed by atoms with Crippen LogP contribution in [0.15, 0.2) is 18.3 Å². The normalized spacial score (nSPS) is 23.8. The zero-order chi connectivity index (χ0) is 14.9. The number of piperidine rings is 1. The van der Waals surface area contributed by atoms with Crippen LogP contribution in [0.4, 0.5) is 0 Å². The monoisotopic (exact) mass is 298 g/mol. The topological polar surface area (TPSA) is 34.0 Å². The maximum atomic E-state index is 4.94. The van der Waals surface area contributed by atoms with Gasteiger partial charge in [-0.1, -0.05) is 6.92 Å². The molecule has 1 saturated carbocycles. The molecule has 2 aromatic rings. The number of nitrogens with zero attached hydrogens (tertiary/aromatic N) is 4. The van der Waals surface area contributed by atoms with Gasteiger partial charge in [0.2, 0.25) is 0 Å². The lowest BCUT2D eigenvalue weighted by Gasteiger charge is -2.33. The molecule has 4 nitrogen and oxygen atoms in total. The molecule has 1 atom stereocenters. The Balaban J connectivity index is 1.63. The van der Waals surface area contributed by atoms with Crippen LogP contribution in [0.25, 0.3) is 11.2 Å². The summed E-state index contributed by atoms with van der Waals surface area (Å²) in [6.45, 7) is 5.96. The number of hydrogen-bond acceptors (Lipinski definition) is 3. The smallest absolute Gasteiger partial charge is 0.160 e. The molecular weight excluding hydrogens is 272 g/mol. The van der Waals surface area contributed by atoms with Gasteiger partial charge in [0.05, 0.1) is 0 Å². The Hall–Kier alpha value is -1.42. The molecular formula is C18H26N4. The highest BCUT2D eigenvalue weighted by atomic mass is 15.2. The number of fused-ring (bicyclic) bond motifs is 1. The summed E-state index contributed by atoms with van der Waals surface area (Å²) in [6, 6.07) is 4.75. The van der Waals surface area contributed by atoms with E-state index in [1.54, 1.807) is 0 Å². The average Bonchev–Trinajstić information content (AvgIpc) is 2.84. The number of pyridine rings is 1. The first-order valence-electron chi connectivity index (χ1n) is 8.89. The molecule has 1 unspecified atom stereocenters. The van der Waals surface area contributed by atoms with Crippen molar-refractivity contribution < 1.29 is 0 Å². The van der Waals surface area contributed by atoms with E-state index in [1.807, 2.05) is 12.3 Å². The molecule has 0 aromatic carbocycles. The van der Waals surface area contributed by atoms with Gasteiger partial charge in [0.1, 0.15) is 11.3 Å². The molecule has 118 valence electrons. The lowest BCUT2D eigenvalue weighted by Crippen LogP contribution is -2.36. The predicted molar refractivity (Wildman–Crippen MR) is 89.0 cm³/mol.